The Hall–Kier alpha value is -3.14. The van der Waals surface area contributed by atoms with E-state index in [1.165, 1.54) is 30.1 Å². The van der Waals surface area contributed by atoms with Gasteiger partial charge in [-0.05, 0) is 36.2 Å². The number of aromatic amines is 1. The van der Waals surface area contributed by atoms with E-state index >= 15 is 0 Å². The second kappa shape index (κ2) is 9.53. The van der Waals surface area contributed by atoms with E-state index in [4.69, 9.17) is 4.42 Å². The van der Waals surface area contributed by atoms with Crippen molar-refractivity contribution in [3.05, 3.63) is 59.8 Å². The first kappa shape index (κ1) is 18.6. The zero-order valence-electron chi connectivity index (χ0n) is 14.2. The highest BCUT2D eigenvalue weighted by Crippen LogP contribution is 2.13. The molecule has 0 spiro atoms. The van der Waals surface area contributed by atoms with E-state index in [9.17, 15) is 9.18 Å². The normalized spacial score (nSPS) is 11.0. The van der Waals surface area contributed by atoms with Gasteiger partial charge in [-0.2, -0.15) is 10.1 Å². The number of rotatable bonds is 9. The van der Waals surface area contributed by atoms with Gasteiger partial charge < -0.3 is 9.73 Å². The predicted octanol–water partition coefficient (Wildman–Crippen LogP) is 2.43. The number of halogens is 1. The molecule has 0 unspecified atom stereocenters. The zero-order chi connectivity index (χ0) is 18.9. The van der Waals surface area contributed by atoms with Crippen molar-refractivity contribution in [1.29, 1.82) is 0 Å². The minimum atomic E-state index is -0.272. The topological polar surface area (TPSA) is 108 Å². The molecule has 0 atom stereocenters. The SMILES string of the molecule is O=C(CSc1n[nH]c(N/N=C\c2ccco2)n1)NCCc1ccc(F)cc1. The third kappa shape index (κ3) is 6.26. The van der Waals surface area contributed by atoms with Gasteiger partial charge in [0.25, 0.3) is 0 Å². The van der Waals surface area contributed by atoms with Crippen molar-refractivity contribution in [1.82, 2.24) is 20.5 Å². The molecule has 27 heavy (non-hydrogen) atoms. The van der Waals surface area contributed by atoms with Gasteiger partial charge in [-0.1, -0.05) is 23.9 Å². The highest BCUT2D eigenvalue weighted by Gasteiger charge is 2.07. The lowest BCUT2D eigenvalue weighted by Gasteiger charge is -2.04. The first-order chi connectivity index (χ1) is 13.2. The summed E-state index contributed by atoms with van der Waals surface area (Å²) in [4.78, 5) is 16.0. The summed E-state index contributed by atoms with van der Waals surface area (Å²) in [7, 11) is 0. The molecule has 0 radical (unpaired) electrons. The van der Waals surface area contributed by atoms with Crippen LogP contribution in [0.25, 0.3) is 0 Å². The Kier molecular flexibility index (Phi) is 6.58. The second-order valence-electron chi connectivity index (χ2n) is 5.37. The van der Waals surface area contributed by atoms with Crippen molar-refractivity contribution in [2.75, 3.05) is 17.7 Å². The van der Waals surface area contributed by atoms with Gasteiger partial charge in [0.1, 0.15) is 11.6 Å². The van der Waals surface area contributed by atoms with Crippen molar-refractivity contribution in [3.63, 3.8) is 0 Å². The highest BCUT2D eigenvalue weighted by molar-refractivity contribution is 7.99. The first-order valence-corrected chi connectivity index (χ1v) is 9.06. The number of anilines is 1. The van der Waals surface area contributed by atoms with Crippen LogP contribution in [-0.2, 0) is 11.2 Å². The number of carbonyl (C=O) groups excluding carboxylic acids is 1. The molecule has 1 amide bonds. The maximum Gasteiger partial charge on any atom is 0.240 e. The zero-order valence-corrected chi connectivity index (χ0v) is 15.0. The molecule has 3 aromatic rings. The van der Waals surface area contributed by atoms with E-state index in [0.29, 0.717) is 29.8 Å². The number of aromatic nitrogens is 3. The Morgan fingerprint density at radius 1 is 1.33 bits per heavy atom. The van der Waals surface area contributed by atoms with Crippen molar-refractivity contribution in [2.45, 2.75) is 11.6 Å². The molecule has 2 heterocycles. The molecular weight excluding hydrogens is 371 g/mol. The standard InChI is InChI=1S/C17H17FN6O2S/c18-13-5-3-12(4-6-13)7-8-19-15(25)11-27-17-21-16(23-24-17)22-20-10-14-2-1-9-26-14/h1-6,9-10H,7-8,11H2,(H,19,25)(H2,21,22,23,24)/b20-10-. The van der Waals surface area contributed by atoms with Crippen LogP contribution in [0.5, 0.6) is 0 Å². The van der Waals surface area contributed by atoms with Crippen LogP contribution in [-0.4, -0.2) is 39.6 Å². The number of hydrogen-bond acceptors (Lipinski definition) is 7. The van der Waals surface area contributed by atoms with Crippen molar-refractivity contribution >= 4 is 29.8 Å². The molecule has 3 N–H and O–H groups in total. The van der Waals surface area contributed by atoms with Crippen LogP contribution in [0.1, 0.15) is 11.3 Å². The molecule has 140 valence electrons. The van der Waals surface area contributed by atoms with Gasteiger partial charge in [-0.3, -0.25) is 4.79 Å². The van der Waals surface area contributed by atoms with Gasteiger partial charge in [0.2, 0.25) is 17.0 Å². The van der Waals surface area contributed by atoms with E-state index in [0.717, 1.165) is 5.56 Å². The van der Waals surface area contributed by atoms with E-state index in [1.54, 1.807) is 30.5 Å². The minimum Gasteiger partial charge on any atom is -0.463 e. The number of amides is 1. The van der Waals surface area contributed by atoms with E-state index < -0.39 is 0 Å². The molecule has 0 fully saturated rings. The van der Waals surface area contributed by atoms with Crippen LogP contribution in [0.15, 0.2) is 57.3 Å². The van der Waals surface area contributed by atoms with Crippen LogP contribution >= 0.6 is 11.8 Å². The van der Waals surface area contributed by atoms with Crippen LogP contribution in [0.2, 0.25) is 0 Å². The Morgan fingerprint density at radius 3 is 2.96 bits per heavy atom. The van der Waals surface area contributed by atoms with Crippen LogP contribution in [0.4, 0.5) is 10.3 Å². The van der Waals surface area contributed by atoms with Crippen LogP contribution in [0.3, 0.4) is 0 Å². The molecule has 0 aliphatic rings. The summed E-state index contributed by atoms with van der Waals surface area (Å²) in [6.07, 6.45) is 3.69. The molecule has 0 saturated heterocycles. The monoisotopic (exact) mass is 388 g/mol. The molecule has 8 nitrogen and oxygen atoms in total. The molecular formula is C17H17FN6O2S. The Morgan fingerprint density at radius 2 is 2.19 bits per heavy atom. The van der Waals surface area contributed by atoms with Crippen molar-refractivity contribution < 1.29 is 13.6 Å². The third-order valence-corrected chi connectivity index (χ3v) is 4.20. The molecule has 1 aromatic carbocycles. The number of thioether (sulfide) groups is 1. The van der Waals surface area contributed by atoms with E-state index in [1.807, 2.05) is 0 Å². The highest BCUT2D eigenvalue weighted by atomic mass is 32.2. The molecule has 10 heteroatoms. The Bertz CT molecular complexity index is 879. The smallest absolute Gasteiger partial charge is 0.240 e. The molecule has 0 bridgehead atoms. The summed E-state index contributed by atoms with van der Waals surface area (Å²) < 4.78 is 17.9. The second-order valence-corrected chi connectivity index (χ2v) is 6.31. The van der Waals surface area contributed by atoms with Gasteiger partial charge in [0.15, 0.2) is 0 Å². The number of hydrazone groups is 1. The van der Waals surface area contributed by atoms with Gasteiger partial charge >= 0.3 is 0 Å². The molecule has 3 rings (SSSR count). The quantitative estimate of drug-likeness (QED) is 0.295. The van der Waals surface area contributed by atoms with Crippen LogP contribution < -0.4 is 10.7 Å². The maximum absolute atomic E-state index is 12.8. The maximum atomic E-state index is 12.8. The number of nitrogens with one attached hydrogen (secondary N) is 3. The Labute approximate surface area is 158 Å². The number of H-pyrrole nitrogens is 1. The fraction of sp³-hybridized carbons (Fsp3) is 0.176. The summed E-state index contributed by atoms with van der Waals surface area (Å²) in [6, 6.07) is 9.73. The third-order valence-electron chi connectivity index (χ3n) is 3.35. The van der Waals surface area contributed by atoms with Gasteiger partial charge in [0.05, 0.1) is 18.2 Å². The van der Waals surface area contributed by atoms with Crippen molar-refractivity contribution in [3.8, 4) is 0 Å². The largest absolute Gasteiger partial charge is 0.463 e. The molecule has 2 aromatic heterocycles. The summed E-state index contributed by atoms with van der Waals surface area (Å²) in [5, 5.41) is 13.9. The summed E-state index contributed by atoms with van der Waals surface area (Å²) in [5.74, 6) is 0.755. The predicted molar refractivity (Wildman–Crippen MR) is 100 cm³/mol. The van der Waals surface area contributed by atoms with Gasteiger partial charge in [0, 0.05) is 6.54 Å². The lowest BCUT2D eigenvalue weighted by molar-refractivity contribution is -0.118. The summed E-state index contributed by atoms with van der Waals surface area (Å²) in [6.45, 7) is 0.479. The lowest BCUT2D eigenvalue weighted by atomic mass is 10.1. The number of benzene rings is 1. The van der Waals surface area contributed by atoms with E-state index in [-0.39, 0.29) is 17.5 Å². The first-order valence-electron chi connectivity index (χ1n) is 8.08. The fourth-order valence-corrected chi connectivity index (χ4v) is 2.69. The Balaban J connectivity index is 1.35. The molecule has 0 saturated carbocycles. The lowest BCUT2D eigenvalue weighted by Crippen LogP contribution is -2.27. The summed E-state index contributed by atoms with van der Waals surface area (Å²) >= 11 is 1.20. The molecule has 0 aliphatic carbocycles. The number of furan rings is 1. The van der Waals surface area contributed by atoms with Crippen molar-refractivity contribution in [2.24, 2.45) is 5.10 Å². The van der Waals surface area contributed by atoms with Gasteiger partial charge in [-0.25, -0.2) is 14.9 Å². The average Bonchev–Trinajstić information content (AvgIpc) is 3.34. The van der Waals surface area contributed by atoms with E-state index in [2.05, 4.69) is 31.0 Å². The van der Waals surface area contributed by atoms with Crippen LogP contribution in [0, 0.1) is 5.82 Å². The number of carbonyl (C=O) groups is 1. The molecule has 0 aliphatic heterocycles. The number of hydrogen-bond donors (Lipinski definition) is 3. The minimum absolute atomic E-state index is 0.128. The number of nitrogens with zero attached hydrogens (tertiary/aromatic N) is 3. The fourth-order valence-electron chi connectivity index (χ4n) is 2.06. The van der Waals surface area contributed by atoms with Gasteiger partial charge in [-0.15, -0.1) is 5.10 Å². The summed E-state index contributed by atoms with van der Waals surface area (Å²) in [5.41, 5.74) is 3.65. The average molecular weight is 388 g/mol.